The number of carbonyl (C=O) groups is 2. The number of carboxylic acid groups (broad SMARTS) is 1. The summed E-state index contributed by atoms with van der Waals surface area (Å²) in [6.45, 7) is 3.00. The first kappa shape index (κ1) is 14.9. The molecule has 0 aliphatic rings. The van der Waals surface area contributed by atoms with E-state index in [1.807, 2.05) is 0 Å². The molecule has 0 heterocycles. The molecule has 1 atom stereocenters. The van der Waals surface area contributed by atoms with Crippen LogP contribution in [0, 0.1) is 5.82 Å². The number of amides is 1. The highest BCUT2D eigenvalue weighted by molar-refractivity contribution is 5.98. The third-order valence-corrected chi connectivity index (χ3v) is 2.88. The summed E-state index contributed by atoms with van der Waals surface area (Å²) in [4.78, 5) is 24.1. The van der Waals surface area contributed by atoms with Crippen molar-refractivity contribution in [2.24, 2.45) is 0 Å². The summed E-state index contributed by atoms with van der Waals surface area (Å²) in [5.41, 5.74) is -0.235. The number of phenols is 1. The molecule has 0 fully saturated rings. The van der Waals surface area contributed by atoms with E-state index in [1.165, 1.54) is 0 Å². The average Bonchev–Trinajstić information content (AvgIpc) is 2.37. The number of phenolic OH excluding ortho intramolecular Hbond substituents is 1. The van der Waals surface area contributed by atoms with Crippen molar-refractivity contribution in [3.05, 3.63) is 29.6 Å². The molecule has 0 spiro atoms. The van der Waals surface area contributed by atoms with Gasteiger partial charge in [-0.2, -0.15) is 0 Å². The number of benzene rings is 1. The van der Waals surface area contributed by atoms with Crippen molar-refractivity contribution >= 4 is 11.9 Å². The van der Waals surface area contributed by atoms with Gasteiger partial charge in [0.05, 0.1) is 5.56 Å². The average molecular weight is 269 g/mol. The van der Waals surface area contributed by atoms with Gasteiger partial charge in [-0.25, -0.2) is 4.39 Å². The highest BCUT2D eigenvalue weighted by atomic mass is 19.1. The van der Waals surface area contributed by atoms with Crippen molar-refractivity contribution in [3.8, 4) is 5.75 Å². The van der Waals surface area contributed by atoms with Crippen LogP contribution in [0.4, 0.5) is 4.39 Å². The van der Waals surface area contributed by atoms with Crippen molar-refractivity contribution in [2.45, 2.75) is 26.3 Å². The Morgan fingerprint density at radius 1 is 1.42 bits per heavy atom. The lowest BCUT2D eigenvalue weighted by atomic mass is 10.1. The van der Waals surface area contributed by atoms with Crippen LogP contribution in [0.3, 0.4) is 0 Å². The van der Waals surface area contributed by atoms with Crippen LogP contribution in [0.5, 0.6) is 5.75 Å². The monoisotopic (exact) mass is 269 g/mol. The van der Waals surface area contributed by atoms with Crippen LogP contribution < -0.4 is 0 Å². The number of carbonyl (C=O) groups excluding carboxylic acids is 1. The molecule has 104 valence electrons. The van der Waals surface area contributed by atoms with Gasteiger partial charge in [0, 0.05) is 6.04 Å². The molecule has 0 radical (unpaired) electrons. The molecule has 0 aromatic heterocycles. The van der Waals surface area contributed by atoms with E-state index in [2.05, 4.69) is 0 Å². The summed E-state index contributed by atoms with van der Waals surface area (Å²) in [5.74, 6) is -2.90. The topological polar surface area (TPSA) is 77.8 Å². The fraction of sp³-hybridized carbons (Fsp3) is 0.385. The number of aromatic hydroxyl groups is 1. The highest BCUT2D eigenvalue weighted by Gasteiger charge is 2.25. The lowest BCUT2D eigenvalue weighted by Crippen LogP contribution is -2.41. The molecular formula is C13H16FNO4. The van der Waals surface area contributed by atoms with E-state index in [0.29, 0.717) is 6.42 Å². The summed E-state index contributed by atoms with van der Waals surface area (Å²) >= 11 is 0. The largest absolute Gasteiger partial charge is 0.507 e. The summed E-state index contributed by atoms with van der Waals surface area (Å²) < 4.78 is 13.1. The highest BCUT2D eigenvalue weighted by Crippen LogP contribution is 2.21. The summed E-state index contributed by atoms with van der Waals surface area (Å²) in [5, 5.41) is 18.4. The Kier molecular flexibility index (Phi) is 4.86. The second-order valence-electron chi connectivity index (χ2n) is 4.25. The Labute approximate surface area is 110 Å². The summed E-state index contributed by atoms with van der Waals surface area (Å²) in [7, 11) is 0. The number of hydrogen-bond donors (Lipinski definition) is 2. The molecular weight excluding hydrogens is 253 g/mol. The molecule has 1 unspecified atom stereocenters. The smallest absolute Gasteiger partial charge is 0.323 e. The van der Waals surface area contributed by atoms with Gasteiger partial charge in [-0.3, -0.25) is 9.59 Å². The van der Waals surface area contributed by atoms with Gasteiger partial charge in [-0.1, -0.05) is 6.92 Å². The van der Waals surface area contributed by atoms with Gasteiger partial charge in [0.15, 0.2) is 0 Å². The third kappa shape index (κ3) is 3.67. The maximum absolute atomic E-state index is 13.1. The Morgan fingerprint density at radius 3 is 2.58 bits per heavy atom. The molecule has 1 aromatic carbocycles. The van der Waals surface area contributed by atoms with Crippen molar-refractivity contribution in [1.82, 2.24) is 4.90 Å². The molecule has 0 bridgehead atoms. The van der Waals surface area contributed by atoms with E-state index in [1.54, 1.807) is 13.8 Å². The zero-order valence-corrected chi connectivity index (χ0v) is 10.8. The Balaban J connectivity index is 3.11. The summed E-state index contributed by atoms with van der Waals surface area (Å²) in [6, 6.07) is 2.66. The van der Waals surface area contributed by atoms with Crippen LogP contribution in [0.2, 0.25) is 0 Å². The SMILES string of the molecule is CCC(C)N(CC(=O)O)C(=O)c1cc(F)ccc1O. The van der Waals surface area contributed by atoms with E-state index in [4.69, 9.17) is 5.11 Å². The molecule has 0 aliphatic carbocycles. The zero-order valence-electron chi connectivity index (χ0n) is 10.8. The molecule has 1 aromatic rings. The van der Waals surface area contributed by atoms with Gasteiger partial charge in [-0.15, -0.1) is 0 Å². The quantitative estimate of drug-likeness (QED) is 0.855. The van der Waals surface area contributed by atoms with Gasteiger partial charge in [0.25, 0.3) is 5.91 Å². The first-order valence-corrected chi connectivity index (χ1v) is 5.88. The van der Waals surface area contributed by atoms with E-state index >= 15 is 0 Å². The lowest BCUT2D eigenvalue weighted by Gasteiger charge is -2.27. The van der Waals surface area contributed by atoms with Crippen LogP contribution in [-0.4, -0.2) is 39.6 Å². The van der Waals surface area contributed by atoms with Gasteiger partial charge in [-0.05, 0) is 31.5 Å². The number of halogens is 1. The number of hydrogen-bond acceptors (Lipinski definition) is 3. The second kappa shape index (κ2) is 6.17. The molecule has 0 saturated heterocycles. The minimum Gasteiger partial charge on any atom is -0.507 e. The lowest BCUT2D eigenvalue weighted by molar-refractivity contribution is -0.138. The van der Waals surface area contributed by atoms with Crippen molar-refractivity contribution < 1.29 is 24.2 Å². The predicted octanol–water partition coefficient (Wildman–Crippen LogP) is 1.86. The second-order valence-corrected chi connectivity index (χ2v) is 4.25. The van der Waals surface area contributed by atoms with Crippen LogP contribution in [-0.2, 0) is 4.79 Å². The maximum atomic E-state index is 13.1. The Bertz CT molecular complexity index is 490. The molecule has 2 N–H and O–H groups in total. The third-order valence-electron chi connectivity index (χ3n) is 2.88. The maximum Gasteiger partial charge on any atom is 0.323 e. The summed E-state index contributed by atoms with van der Waals surface area (Å²) in [6.07, 6.45) is 0.551. The van der Waals surface area contributed by atoms with E-state index in [0.717, 1.165) is 23.1 Å². The van der Waals surface area contributed by atoms with Gasteiger partial charge < -0.3 is 15.1 Å². The molecule has 0 aliphatic heterocycles. The minimum absolute atomic E-state index is 0.235. The van der Waals surface area contributed by atoms with Crippen LogP contribution in [0.25, 0.3) is 0 Å². The number of rotatable bonds is 5. The van der Waals surface area contributed by atoms with Gasteiger partial charge >= 0.3 is 5.97 Å². The molecule has 1 rings (SSSR count). The zero-order chi connectivity index (χ0) is 14.6. The number of nitrogens with zero attached hydrogens (tertiary/aromatic N) is 1. The molecule has 1 amide bonds. The van der Waals surface area contributed by atoms with Crippen LogP contribution >= 0.6 is 0 Å². The minimum atomic E-state index is -1.16. The van der Waals surface area contributed by atoms with Gasteiger partial charge in [0.1, 0.15) is 18.1 Å². The normalized spacial score (nSPS) is 11.9. The van der Waals surface area contributed by atoms with E-state index in [9.17, 15) is 19.1 Å². The Morgan fingerprint density at radius 2 is 2.05 bits per heavy atom. The fourth-order valence-electron chi connectivity index (χ4n) is 1.63. The fourth-order valence-corrected chi connectivity index (χ4v) is 1.63. The van der Waals surface area contributed by atoms with Gasteiger partial charge in [0.2, 0.25) is 0 Å². The first-order chi connectivity index (χ1) is 8.86. The predicted molar refractivity (Wildman–Crippen MR) is 66.5 cm³/mol. The number of aliphatic carboxylic acids is 1. The first-order valence-electron chi connectivity index (χ1n) is 5.88. The molecule has 5 nitrogen and oxygen atoms in total. The van der Waals surface area contributed by atoms with E-state index in [-0.39, 0.29) is 17.4 Å². The van der Waals surface area contributed by atoms with Crippen molar-refractivity contribution in [1.29, 1.82) is 0 Å². The molecule has 0 saturated carbocycles. The van der Waals surface area contributed by atoms with Crippen molar-refractivity contribution in [3.63, 3.8) is 0 Å². The number of carboxylic acids is 1. The van der Waals surface area contributed by atoms with Crippen molar-refractivity contribution in [2.75, 3.05) is 6.54 Å². The Hall–Kier alpha value is -2.11. The molecule has 6 heteroatoms. The van der Waals surface area contributed by atoms with E-state index < -0.39 is 24.2 Å². The standard InChI is InChI=1S/C13H16FNO4/c1-3-8(2)15(7-12(17)18)13(19)10-6-9(14)4-5-11(10)16/h4-6,8,16H,3,7H2,1-2H3,(H,17,18). The molecule has 19 heavy (non-hydrogen) atoms. The van der Waals surface area contributed by atoms with Crippen LogP contribution in [0.15, 0.2) is 18.2 Å². The van der Waals surface area contributed by atoms with Crippen LogP contribution in [0.1, 0.15) is 30.6 Å².